The van der Waals surface area contributed by atoms with Gasteiger partial charge in [-0.3, -0.25) is 14.2 Å². The van der Waals surface area contributed by atoms with Gasteiger partial charge in [0.1, 0.15) is 11.3 Å². The van der Waals surface area contributed by atoms with E-state index in [1.807, 2.05) is 23.6 Å². The molecule has 0 atom stereocenters. The molecule has 0 saturated heterocycles. The lowest BCUT2D eigenvalue weighted by atomic mass is 10.1. The van der Waals surface area contributed by atoms with Crippen molar-refractivity contribution in [2.75, 3.05) is 0 Å². The van der Waals surface area contributed by atoms with Gasteiger partial charge in [0.2, 0.25) is 0 Å². The van der Waals surface area contributed by atoms with Crippen molar-refractivity contribution in [2.45, 2.75) is 6.42 Å². The summed E-state index contributed by atoms with van der Waals surface area (Å²) in [4.78, 5) is 31.0. The van der Waals surface area contributed by atoms with Crippen LogP contribution in [0.4, 0.5) is 0 Å². The minimum Gasteiger partial charge on any atom is -0.506 e. The summed E-state index contributed by atoms with van der Waals surface area (Å²) in [7, 11) is 0. The average Bonchev–Trinajstić information content (AvgIpc) is 3.16. The van der Waals surface area contributed by atoms with E-state index in [2.05, 4.69) is 4.98 Å². The van der Waals surface area contributed by atoms with Crippen LogP contribution in [-0.2, 0) is 6.42 Å². The fourth-order valence-corrected chi connectivity index (χ4v) is 3.64. The number of aromatic nitrogens is 2. The molecule has 0 aliphatic carbocycles. The van der Waals surface area contributed by atoms with Gasteiger partial charge in [0.15, 0.2) is 11.4 Å². The molecule has 6 heteroatoms. The highest BCUT2D eigenvalue weighted by Crippen LogP contribution is 2.27. The van der Waals surface area contributed by atoms with E-state index in [0.29, 0.717) is 16.7 Å². The predicted octanol–water partition coefficient (Wildman–Crippen LogP) is 3.58. The topological polar surface area (TPSA) is 72.2 Å². The molecule has 0 radical (unpaired) electrons. The van der Waals surface area contributed by atoms with Crippen molar-refractivity contribution < 1.29 is 9.90 Å². The maximum absolute atomic E-state index is 13.1. The highest BCUT2D eigenvalue weighted by atomic mass is 32.1. The third-order valence-electron chi connectivity index (χ3n) is 4.12. The lowest BCUT2D eigenvalue weighted by Crippen LogP contribution is -2.27. The zero-order valence-electron chi connectivity index (χ0n) is 13.6. The number of aromatic hydroxyl groups is 1. The zero-order valence-corrected chi connectivity index (χ0v) is 14.4. The number of pyridine rings is 2. The first kappa shape index (κ1) is 16.2. The molecule has 0 spiro atoms. The Labute approximate surface area is 152 Å². The van der Waals surface area contributed by atoms with E-state index in [-0.39, 0.29) is 17.7 Å². The summed E-state index contributed by atoms with van der Waals surface area (Å²) < 4.78 is 1.37. The second-order valence-electron chi connectivity index (χ2n) is 5.75. The normalized spacial score (nSPS) is 10.9. The molecule has 128 valence electrons. The van der Waals surface area contributed by atoms with E-state index in [1.165, 1.54) is 15.9 Å². The Hall–Kier alpha value is -3.25. The van der Waals surface area contributed by atoms with Crippen LogP contribution in [0.2, 0.25) is 0 Å². The van der Waals surface area contributed by atoms with E-state index in [0.717, 1.165) is 4.88 Å². The van der Waals surface area contributed by atoms with E-state index >= 15 is 0 Å². The average molecular weight is 362 g/mol. The second-order valence-corrected chi connectivity index (χ2v) is 6.79. The smallest absolute Gasteiger partial charge is 0.271 e. The number of fused-ring (bicyclic) bond motifs is 1. The third-order valence-corrected chi connectivity index (χ3v) is 4.99. The van der Waals surface area contributed by atoms with Crippen LogP contribution in [0.1, 0.15) is 15.2 Å². The third kappa shape index (κ3) is 2.70. The van der Waals surface area contributed by atoms with Crippen molar-refractivity contribution in [2.24, 2.45) is 0 Å². The molecule has 0 unspecified atom stereocenters. The summed E-state index contributed by atoms with van der Waals surface area (Å²) >= 11 is 1.44. The molecule has 0 bridgehead atoms. The maximum atomic E-state index is 13.1. The van der Waals surface area contributed by atoms with Crippen molar-refractivity contribution in [3.05, 3.63) is 87.0 Å². The fraction of sp³-hybridized carbons (Fsp3) is 0.0500. The van der Waals surface area contributed by atoms with Crippen LogP contribution >= 0.6 is 11.3 Å². The fourth-order valence-electron chi connectivity index (χ4n) is 2.93. The van der Waals surface area contributed by atoms with Gasteiger partial charge in [0.05, 0.1) is 11.1 Å². The zero-order chi connectivity index (χ0) is 18.1. The monoisotopic (exact) mass is 362 g/mol. The molecule has 26 heavy (non-hydrogen) atoms. The summed E-state index contributed by atoms with van der Waals surface area (Å²) in [5.41, 5.74) is 0.129. The minimum atomic E-state index is -0.568. The van der Waals surface area contributed by atoms with Crippen LogP contribution in [0.3, 0.4) is 0 Å². The Morgan fingerprint density at radius 3 is 2.62 bits per heavy atom. The molecule has 4 aromatic rings. The Morgan fingerprint density at radius 2 is 1.88 bits per heavy atom. The first-order chi connectivity index (χ1) is 12.7. The minimum absolute atomic E-state index is 0.0705. The van der Waals surface area contributed by atoms with Gasteiger partial charge in [-0.25, -0.2) is 4.98 Å². The van der Waals surface area contributed by atoms with Crippen molar-refractivity contribution in [3.63, 3.8) is 0 Å². The van der Waals surface area contributed by atoms with Crippen molar-refractivity contribution in [1.82, 2.24) is 9.55 Å². The van der Waals surface area contributed by atoms with Crippen LogP contribution in [0, 0.1) is 0 Å². The Balaban J connectivity index is 1.99. The lowest BCUT2D eigenvalue weighted by molar-refractivity contribution is 0.0989. The number of para-hydroxylation sites is 1. The number of ketones is 1. The Kier molecular flexibility index (Phi) is 4.10. The molecular weight excluding hydrogens is 348 g/mol. The molecule has 0 aliphatic heterocycles. The van der Waals surface area contributed by atoms with Gasteiger partial charge < -0.3 is 5.11 Å². The second kappa shape index (κ2) is 6.57. The van der Waals surface area contributed by atoms with Crippen molar-refractivity contribution >= 4 is 28.2 Å². The number of hydrogen-bond donors (Lipinski definition) is 1. The first-order valence-electron chi connectivity index (χ1n) is 8.00. The molecule has 3 heterocycles. The van der Waals surface area contributed by atoms with Crippen molar-refractivity contribution in [1.29, 1.82) is 0 Å². The number of benzene rings is 1. The summed E-state index contributed by atoms with van der Waals surface area (Å²) in [6.07, 6.45) is 1.62. The van der Waals surface area contributed by atoms with Gasteiger partial charge in [-0.05, 0) is 35.7 Å². The van der Waals surface area contributed by atoms with E-state index in [9.17, 15) is 14.7 Å². The number of hydrogen-bond acceptors (Lipinski definition) is 5. The van der Waals surface area contributed by atoms with Gasteiger partial charge in [-0.15, -0.1) is 11.3 Å². The number of rotatable bonds is 4. The number of carbonyl (C=O) groups excluding carboxylic acids is 1. The molecule has 0 amide bonds. The highest BCUT2D eigenvalue weighted by molar-refractivity contribution is 7.10. The van der Waals surface area contributed by atoms with Crippen LogP contribution in [0.25, 0.3) is 16.7 Å². The molecule has 0 saturated carbocycles. The van der Waals surface area contributed by atoms with Crippen LogP contribution < -0.4 is 5.56 Å². The summed E-state index contributed by atoms with van der Waals surface area (Å²) in [6.45, 7) is 0. The van der Waals surface area contributed by atoms with Gasteiger partial charge in [-0.1, -0.05) is 24.3 Å². The van der Waals surface area contributed by atoms with E-state index < -0.39 is 11.3 Å². The van der Waals surface area contributed by atoms with Crippen LogP contribution in [0.5, 0.6) is 5.75 Å². The van der Waals surface area contributed by atoms with E-state index in [4.69, 9.17) is 0 Å². The van der Waals surface area contributed by atoms with Gasteiger partial charge in [0, 0.05) is 17.5 Å². The van der Waals surface area contributed by atoms with Gasteiger partial charge in [0.25, 0.3) is 5.56 Å². The summed E-state index contributed by atoms with van der Waals surface area (Å²) in [6, 6.07) is 16.0. The van der Waals surface area contributed by atoms with Gasteiger partial charge >= 0.3 is 0 Å². The SMILES string of the molecule is O=C(Cc1cccs1)c1c(O)c2cccnc2n(-c2ccccc2)c1=O. The van der Waals surface area contributed by atoms with Gasteiger partial charge in [-0.2, -0.15) is 0 Å². The molecule has 0 aliphatic rings. The summed E-state index contributed by atoms with van der Waals surface area (Å²) in [5.74, 6) is -0.725. The highest BCUT2D eigenvalue weighted by Gasteiger charge is 2.23. The molecule has 1 N–H and O–H groups in total. The first-order valence-corrected chi connectivity index (χ1v) is 8.88. The molecular formula is C20H14N2O3S. The largest absolute Gasteiger partial charge is 0.506 e. The Bertz CT molecular complexity index is 1150. The standard InChI is InChI=1S/C20H14N2O3S/c23-16(12-14-8-5-11-26-14)17-18(24)15-9-4-10-21-19(15)22(20(17)25)13-6-2-1-3-7-13/h1-11,24H,12H2. The van der Waals surface area contributed by atoms with Crippen LogP contribution in [0.15, 0.2) is 71.0 Å². The Morgan fingerprint density at radius 1 is 1.08 bits per heavy atom. The van der Waals surface area contributed by atoms with E-state index in [1.54, 1.807) is 42.6 Å². The van der Waals surface area contributed by atoms with Crippen molar-refractivity contribution in [3.8, 4) is 11.4 Å². The molecule has 0 fully saturated rings. The summed E-state index contributed by atoms with van der Waals surface area (Å²) in [5, 5.41) is 12.9. The number of carbonyl (C=O) groups is 1. The molecule has 5 nitrogen and oxygen atoms in total. The molecule has 4 rings (SSSR count). The number of Topliss-reactive ketones (excluding diaryl/α,β-unsaturated/α-hetero) is 1. The lowest BCUT2D eigenvalue weighted by Gasteiger charge is -2.13. The molecule has 1 aromatic carbocycles. The number of thiophene rings is 1. The predicted molar refractivity (Wildman–Crippen MR) is 101 cm³/mol. The van der Waals surface area contributed by atoms with Crippen LogP contribution in [-0.4, -0.2) is 20.4 Å². The quantitative estimate of drug-likeness (QED) is 0.563. The maximum Gasteiger partial charge on any atom is 0.271 e. The molecule has 3 aromatic heterocycles. The number of nitrogens with zero attached hydrogens (tertiary/aromatic N) is 2.